The van der Waals surface area contributed by atoms with Gasteiger partial charge in [-0.2, -0.15) is 0 Å². The van der Waals surface area contributed by atoms with Crippen molar-refractivity contribution < 1.29 is 0 Å². The SMILES string of the molecule is NC(Cc1ccccc1Cl)Cn1cnc2ccccc21. The zero-order valence-electron chi connectivity index (χ0n) is 11.0. The summed E-state index contributed by atoms with van der Waals surface area (Å²) in [6.07, 6.45) is 2.60. The zero-order valence-corrected chi connectivity index (χ0v) is 11.8. The van der Waals surface area contributed by atoms with Crippen LogP contribution in [0.1, 0.15) is 5.56 Å². The van der Waals surface area contributed by atoms with Crippen molar-refractivity contribution in [1.82, 2.24) is 9.55 Å². The van der Waals surface area contributed by atoms with Crippen molar-refractivity contribution in [1.29, 1.82) is 0 Å². The summed E-state index contributed by atoms with van der Waals surface area (Å²) in [6, 6.07) is 15.9. The van der Waals surface area contributed by atoms with Crippen LogP contribution in [0.4, 0.5) is 0 Å². The average molecular weight is 286 g/mol. The van der Waals surface area contributed by atoms with Gasteiger partial charge < -0.3 is 10.3 Å². The smallest absolute Gasteiger partial charge is 0.0958 e. The van der Waals surface area contributed by atoms with Crippen molar-refractivity contribution in [3.8, 4) is 0 Å². The van der Waals surface area contributed by atoms with Crippen LogP contribution in [0.3, 0.4) is 0 Å². The van der Waals surface area contributed by atoms with Crippen LogP contribution in [0.15, 0.2) is 54.9 Å². The highest BCUT2D eigenvalue weighted by molar-refractivity contribution is 6.31. The Morgan fingerprint density at radius 2 is 1.85 bits per heavy atom. The van der Waals surface area contributed by atoms with Gasteiger partial charge in [-0.15, -0.1) is 0 Å². The lowest BCUT2D eigenvalue weighted by Crippen LogP contribution is -2.28. The van der Waals surface area contributed by atoms with Crippen LogP contribution in [0.5, 0.6) is 0 Å². The Labute approximate surface area is 123 Å². The molecule has 102 valence electrons. The third-order valence-corrected chi connectivity index (χ3v) is 3.77. The number of hydrogen-bond acceptors (Lipinski definition) is 2. The van der Waals surface area contributed by atoms with Gasteiger partial charge in [-0.05, 0) is 30.2 Å². The number of nitrogens with two attached hydrogens (primary N) is 1. The average Bonchev–Trinajstić information content (AvgIpc) is 2.85. The topological polar surface area (TPSA) is 43.8 Å². The Kier molecular flexibility index (Phi) is 3.72. The van der Waals surface area contributed by atoms with Crippen molar-refractivity contribution in [3.05, 3.63) is 65.4 Å². The summed E-state index contributed by atoms with van der Waals surface area (Å²) in [6.45, 7) is 0.728. The predicted octanol–water partition coefficient (Wildman–Crippen LogP) is 3.26. The Balaban J connectivity index is 1.76. The van der Waals surface area contributed by atoms with Crippen LogP contribution in [-0.4, -0.2) is 15.6 Å². The number of para-hydroxylation sites is 2. The lowest BCUT2D eigenvalue weighted by molar-refractivity contribution is 0.559. The van der Waals surface area contributed by atoms with E-state index in [2.05, 4.69) is 15.6 Å². The minimum Gasteiger partial charge on any atom is -0.329 e. The first-order valence-electron chi connectivity index (χ1n) is 6.63. The number of benzene rings is 2. The van der Waals surface area contributed by atoms with Crippen LogP contribution < -0.4 is 5.73 Å². The van der Waals surface area contributed by atoms with Gasteiger partial charge in [0.2, 0.25) is 0 Å². The van der Waals surface area contributed by atoms with Crippen molar-refractivity contribution in [2.45, 2.75) is 19.0 Å². The molecule has 0 saturated heterocycles. The molecule has 1 aromatic heterocycles. The fraction of sp³-hybridized carbons (Fsp3) is 0.188. The van der Waals surface area contributed by atoms with Crippen molar-refractivity contribution in [2.75, 3.05) is 0 Å². The zero-order chi connectivity index (χ0) is 13.9. The molecule has 0 spiro atoms. The summed E-state index contributed by atoms with van der Waals surface area (Å²) < 4.78 is 2.09. The Bertz CT molecular complexity index is 720. The van der Waals surface area contributed by atoms with Crippen molar-refractivity contribution in [3.63, 3.8) is 0 Å². The number of halogens is 1. The van der Waals surface area contributed by atoms with Gasteiger partial charge in [0.1, 0.15) is 0 Å². The van der Waals surface area contributed by atoms with Gasteiger partial charge in [0.25, 0.3) is 0 Å². The molecule has 0 bridgehead atoms. The molecule has 0 radical (unpaired) electrons. The largest absolute Gasteiger partial charge is 0.329 e. The molecule has 0 saturated carbocycles. The number of hydrogen-bond donors (Lipinski definition) is 1. The summed E-state index contributed by atoms with van der Waals surface area (Å²) in [5.74, 6) is 0. The summed E-state index contributed by atoms with van der Waals surface area (Å²) >= 11 is 6.17. The Morgan fingerprint density at radius 3 is 2.70 bits per heavy atom. The van der Waals surface area contributed by atoms with E-state index in [4.69, 9.17) is 17.3 Å². The standard InChI is InChI=1S/C16H16ClN3/c17-14-6-2-1-5-12(14)9-13(18)10-20-11-19-15-7-3-4-8-16(15)20/h1-8,11,13H,9-10,18H2. The molecule has 0 aliphatic carbocycles. The summed E-state index contributed by atoms with van der Waals surface area (Å²) in [4.78, 5) is 4.38. The number of aromatic nitrogens is 2. The summed E-state index contributed by atoms with van der Waals surface area (Å²) in [5, 5.41) is 0.776. The molecular formula is C16H16ClN3. The molecule has 1 atom stereocenters. The van der Waals surface area contributed by atoms with E-state index in [-0.39, 0.29) is 6.04 Å². The minimum atomic E-state index is 0.00695. The highest BCUT2D eigenvalue weighted by atomic mass is 35.5. The van der Waals surface area contributed by atoms with E-state index in [9.17, 15) is 0 Å². The van der Waals surface area contributed by atoms with Crippen LogP contribution in [0.25, 0.3) is 11.0 Å². The van der Waals surface area contributed by atoms with Gasteiger partial charge >= 0.3 is 0 Å². The molecule has 3 nitrogen and oxygen atoms in total. The van der Waals surface area contributed by atoms with Crippen LogP contribution >= 0.6 is 11.6 Å². The highest BCUT2D eigenvalue weighted by Crippen LogP contribution is 2.17. The predicted molar refractivity (Wildman–Crippen MR) is 82.9 cm³/mol. The molecule has 3 rings (SSSR count). The van der Waals surface area contributed by atoms with Gasteiger partial charge in [-0.1, -0.05) is 41.9 Å². The van der Waals surface area contributed by atoms with Gasteiger partial charge in [0.15, 0.2) is 0 Å². The monoisotopic (exact) mass is 285 g/mol. The maximum absolute atomic E-state index is 6.25. The quantitative estimate of drug-likeness (QED) is 0.799. The van der Waals surface area contributed by atoms with Crippen molar-refractivity contribution >= 4 is 22.6 Å². The summed E-state index contributed by atoms with van der Waals surface area (Å²) in [7, 11) is 0. The first-order valence-corrected chi connectivity index (χ1v) is 7.00. The van der Waals surface area contributed by atoms with Crippen LogP contribution in [0, 0.1) is 0 Å². The molecular weight excluding hydrogens is 270 g/mol. The third-order valence-electron chi connectivity index (χ3n) is 3.40. The van der Waals surface area contributed by atoms with E-state index in [1.165, 1.54) is 0 Å². The van der Waals surface area contributed by atoms with E-state index < -0.39 is 0 Å². The lowest BCUT2D eigenvalue weighted by atomic mass is 10.1. The number of nitrogens with zero attached hydrogens (tertiary/aromatic N) is 2. The maximum Gasteiger partial charge on any atom is 0.0958 e. The molecule has 1 unspecified atom stereocenters. The van der Waals surface area contributed by atoms with E-state index >= 15 is 0 Å². The highest BCUT2D eigenvalue weighted by Gasteiger charge is 2.09. The third kappa shape index (κ3) is 2.69. The molecule has 2 N–H and O–H groups in total. The molecule has 3 aromatic rings. The molecule has 20 heavy (non-hydrogen) atoms. The molecule has 0 amide bonds. The minimum absolute atomic E-state index is 0.00695. The molecule has 2 aromatic carbocycles. The normalized spacial score (nSPS) is 12.7. The first-order chi connectivity index (χ1) is 9.74. The van der Waals surface area contributed by atoms with E-state index in [0.717, 1.165) is 34.6 Å². The lowest BCUT2D eigenvalue weighted by Gasteiger charge is -2.14. The molecule has 4 heteroatoms. The van der Waals surface area contributed by atoms with Crippen LogP contribution in [0.2, 0.25) is 5.02 Å². The second-order valence-corrected chi connectivity index (χ2v) is 5.35. The van der Waals surface area contributed by atoms with Gasteiger partial charge in [0, 0.05) is 17.6 Å². The van der Waals surface area contributed by atoms with E-state index in [1.54, 1.807) is 0 Å². The number of fused-ring (bicyclic) bond motifs is 1. The van der Waals surface area contributed by atoms with Gasteiger partial charge in [-0.3, -0.25) is 0 Å². The van der Waals surface area contributed by atoms with Crippen molar-refractivity contribution in [2.24, 2.45) is 5.73 Å². The Morgan fingerprint density at radius 1 is 1.10 bits per heavy atom. The maximum atomic E-state index is 6.25. The number of rotatable bonds is 4. The van der Waals surface area contributed by atoms with Crippen LogP contribution in [-0.2, 0) is 13.0 Å². The van der Waals surface area contributed by atoms with Gasteiger partial charge in [-0.25, -0.2) is 4.98 Å². The molecule has 0 fully saturated rings. The molecule has 0 aliphatic heterocycles. The molecule has 1 heterocycles. The summed E-state index contributed by atoms with van der Waals surface area (Å²) in [5.41, 5.74) is 9.45. The first kappa shape index (κ1) is 13.2. The second kappa shape index (κ2) is 5.65. The van der Waals surface area contributed by atoms with Gasteiger partial charge in [0.05, 0.1) is 17.4 Å². The Hall–Kier alpha value is -1.84. The fourth-order valence-electron chi connectivity index (χ4n) is 2.42. The molecule has 0 aliphatic rings. The van der Waals surface area contributed by atoms with E-state index in [1.807, 2.05) is 48.8 Å². The fourth-order valence-corrected chi connectivity index (χ4v) is 2.63. The second-order valence-electron chi connectivity index (χ2n) is 4.94. The van der Waals surface area contributed by atoms with E-state index in [0.29, 0.717) is 0 Å². The number of imidazole rings is 1.